The van der Waals surface area contributed by atoms with Crippen LogP contribution in [0.25, 0.3) is 5.69 Å². The van der Waals surface area contributed by atoms with Gasteiger partial charge >= 0.3 is 0 Å². The zero-order valence-electron chi connectivity index (χ0n) is 15.4. The number of hydrogen-bond acceptors (Lipinski definition) is 2. The molecule has 0 spiro atoms. The number of nitrogens with one attached hydrogen (secondary N) is 1. The van der Waals surface area contributed by atoms with Gasteiger partial charge in [0.05, 0.1) is 11.4 Å². The Hall–Kier alpha value is -1.64. The van der Waals surface area contributed by atoms with Crippen LogP contribution in [-0.2, 0) is 6.42 Å². The first-order valence-corrected chi connectivity index (χ1v) is 8.92. The summed E-state index contributed by atoms with van der Waals surface area (Å²) in [7, 11) is 1.84. The van der Waals surface area contributed by atoms with Crippen molar-refractivity contribution in [3.8, 4) is 5.69 Å². The molecule has 2 heterocycles. The third-order valence-corrected chi connectivity index (χ3v) is 4.69. The number of piperidine rings is 1. The number of rotatable bonds is 4. The summed E-state index contributed by atoms with van der Waals surface area (Å²) < 4.78 is 14.8. The number of likely N-dealkylation sites (tertiary alicyclic amines) is 1. The molecule has 5 nitrogen and oxygen atoms in total. The lowest BCUT2D eigenvalue weighted by Gasteiger charge is -2.32. The molecular weight excluding hydrogens is 444 g/mol. The van der Waals surface area contributed by atoms with Crippen LogP contribution in [0.15, 0.2) is 41.5 Å². The van der Waals surface area contributed by atoms with Crippen molar-refractivity contribution in [3.05, 3.63) is 48.0 Å². The monoisotopic (exact) mass is 471 g/mol. The van der Waals surface area contributed by atoms with Crippen molar-refractivity contribution >= 4 is 29.9 Å². The molecule has 0 atom stereocenters. The molecule has 3 rings (SSSR count). The van der Waals surface area contributed by atoms with Crippen molar-refractivity contribution < 1.29 is 4.39 Å². The second-order valence-electron chi connectivity index (χ2n) is 6.62. The summed E-state index contributed by atoms with van der Waals surface area (Å²) in [5.41, 5.74) is 1.86. The van der Waals surface area contributed by atoms with Gasteiger partial charge in [-0.1, -0.05) is 6.92 Å². The summed E-state index contributed by atoms with van der Waals surface area (Å²) in [6, 6.07) is 8.34. The number of guanidine groups is 1. The van der Waals surface area contributed by atoms with Crippen molar-refractivity contribution in [1.29, 1.82) is 0 Å². The molecule has 1 aliphatic rings. The summed E-state index contributed by atoms with van der Waals surface area (Å²) in [5.74, 6) is 1.55. The molecule has 1 aromatic carbocycles. The fourth-order valence-electron chi connectivity index (χ4n) is 3.09. The van der Waals surface area contributed by atoms with Gasteiger partial charge < -0.3 is 10.2 Å². The van der Waals surface area contributed by atoms with E-state index in [2.05, 4.69) is 27.2 Å². The Morgan fingerprint density at radius 1 is 1.23 bits per heavy atom. The third kappa shape index (κ3) is 5.43. The Labute approximate surface area is 171 Å². The molecular formula is C19H27FIN5. The first-order valence-electron chi connectivity index (χ1n) is 8.92. The first kappa shape index (κ1) is 20.7. The van der Waals surface area contributed by atoms with Crippen LogP contribution in [0.3, 0.4) is 0 Å². The molecule has 0 saturated carbocycles. The maximum Gasteiger partial charge on any atom is 0.193 e. The van der Waals surface area contributed by atoms with Crippen molar-refractivity contribution in [2.75, 3.05) is 26.7 Å². The molecule has 1 aliphatic heterocycles. The molecule has 0 bridgehead atoms. The highest BCUT2D eigenvalue weighted by atomic mass is 127. The van der Waals surface area contributed by atoms with Crippen LogP contribution in [-0.4, -0.2) is 47.3 Å². The van der Waals surface area contributed by atoms with Crippen LogP contribution >= 0.6 is 24.0 Å². The Morgan fingerprint density at radius 2 is 1.92 bits per heavy atom. The van der Waals surface area contributed by atoms with Crippen LogP contribution in [0.2, 0.25) is 0 Å². The zero-order chi connectivity index (χ0) is 17.6. The smallest absolute Gasteiger partial charge is 0.193 e. The van der Waals surface area contributed by atoms with Gasteiger partial charge in [0, 0.05) is 39.3 Å². The van der Waals surface area contributed by atoms with E-state index >= 15 is 0 Å². The Morgan fingerprint density at radius 3 is 2.58 bits per heavy atom. The number of nitrogens with zero attached hydrogens (tertiary/aromatic N) is 4. The van der Waals surface area contributed by atoms with Gasteiger partial charge in [0.25, 0.3) is 0 Å². The Bertz CT molecular complexity index is 705. The van der Waals surface area contributed by atoms with E-state index in [1.54, 1.807) is 16.8 Å². The minimum absolute atomic E-state index is 0. The van der Waals surface area contributed by atoms with Crippen LogP contribution in [0, 0.1) is 11.7 Å². The predicted octanol–water partition coefficient (Wildman–Crippen LogP) is 3.48. The van der Waals surface area contributed by atoms with E-state index in [0.717, 1.165) is 49.3 Å². The highest BCUT2D eigenvalue weighted by Crippen LogP contribution is 2.15. The van der Waals surface area contributed by atoms with E-state index in [1.165, 1.54) is 25.0 Å². The maximum atomic E-state index is 13.0. The lowest BCUT2D eigenvalue weighted by Crippen LogP contribution is -2.45. The van der Waals surface area contributed by atoms with E-state index in [4.69, 9.17) is 0 Å². The molecule has 0 aliphatic carbocycles. The number of benzene rings is 1. The van der Waals surface area contributed by atoms with Crippen LogP contribution in [0.1, 0.15) is 25.5 Å². The fourth-order valence-corrected chi connectivity index (χ4v) is 3.09. The summed E-state index contributed by atoms with van der Waals surface area (Å²) in [6.07, 6.45) is 5.17. The summed E-state index contributed by atoms with van der Waals surface area (Å²) in [4.78, 5) is 6.73. The normalized spacial score (nSPS) is 15.7. The summed E-state index contributed by atoms with van der Waals surface area (Å²) in [6.45, 7) is 5.24. The SMILES string of the molecule is CN=C(NCCc1ccn(-c2ccc(F)cc2)n1)N1CCC(C)CC1.I. The minimum Gasteiger partial charge on any atom is -0.356 e. The molecule has 26 heavy (non-hydrogen) atoms. The number of hydrogen-bond donors (Lipinski definition) is 1. The lowest BCUT2D eigenvalue weighted by molar-refractivity contribution is 0.273. The van der Waals surface area contributed by atoms with Crippen LogP contribution in [0.5, 0.6) is 0 Å². The maximum absolute atomic E-state index is 13.0. The van der Waals surface area contributed by atoms with Crippen LogP contribution in [0.4, 0.5) is 4.39 Å². The van der Waals surface area contributed by atoms with Gasteiger partial charge in [-0.3, -0.25) is 4.99 Å². The predicted molar refractivity (Wildman–Crippen MR) is 114 cm³/mol. The van der Waals surface area contributed by atoms with Crippen molar-refractivity contribution in [3.63, 3.8) is 0 Å². The molecule has 2 aromatic rings. The van der Waals surface area contributed by atoms with Crippen LogP contribution < -0.4 is 5.32 Å². The topological polar surface area (TPSA) is 45.5 Å². The van der Waals surface area contributed by atoms with Gasteiger partial charge in [0.2, 0.25) is 0 Å². The molecule has 0 radical (unpaired) electrons. The molecule has 0 unspecified atom stereocenters. The minimum atomic E-state index is -0.237. The van der Waals surface area contributed by atoms with Gasteiger partial charge in [0.1, 0.15) is 5.82 Å². The number of halogens is 2. The molecule has 1 N–H and O–H groups in total. The van der Waals surface area contributed by atoms with E-state index in [0.29, 0.717) is 0 Å². The summed E-state index contributed by atoms with van der Waals surface area (Å²) in [5, 5.41) is 7.99. The Balaban J connectivity index is 0.00000243. The van der Waals surface area contributed by atoms with E-state index in [-0.39, 0.29) is 29.8 Å². The largest absolute Gasteiger partial charge is 0.356 e. The van der Waals surface area contributed by atoms with Gasteiger partial charge in [-0.2, -0.15) is 5.10 Å². The third-order valence-electron chi connectivity index (χ3n) is 4.69. The fraction of sp³-hybridized carbons (Fsp3) is 0.474. The molecule has 1 aromatic heterocycles. The molecule has 1 fully saturated rings. The van der Waals surface area contributed by atoms with E-state index in [9.17, 15) is 4.39 Å². The molecule has 1 saturated heterocycles. The average Bonchev–Trinajstić information content (AvgIpc) is 3.09. The van der Waals surface area contributed by atoms with Crippen molar-refractivity contribution in [2.45, 2.75) is 26.2 Å². The van der Waals surface area contributed by atoms with Gasteiger partial charge in [0.15, 0.2) is 5.96 Å². The van der Waals surface area contributed by atoms with Gasteiger partial charge in [-0.05, 0) is 49.1 Å². The molecule has 142 valence electrons. The molecule has 7 heteroatoms. The number of aliphatic imine (C=N–C) groups is 1. The quantitative estimate of drug-likeness (QED) is 0.422. The standard InChI is InChI=1S/C19H26FN5.HI/c1-15-8-12-24(13-9-15)19(21-2)22-11-7-17-10-14-25(23-17)18-5-3-16(20)4-6-18;/h3-6,10,14-15H,7-9,11-13H2,1-2H3,(H,21,22);1H. The van der Waals surface area contributed by atoms with Crippen molar-refractivity contribution in [1.82, 2.24) is 20.0 Å². The van der Waals surface area contributed by atoms with Gasteiger partial charge in [-0.25, -0.2) is 9.07 Å². The van der Waals surface area contributed by atoms with Gasteiger partial charge in [-0.15, -0.1) is 24.0 Å². The highest BCUT2D eigenvalue weighted by Gasteiger charge is 2.18. The zero-order valence-corrected chi connectivity index (χ0v) is 17.7. The first-order chi connectivity index (χ1) is 12.2. The van der Waals surface area contributed by atoms with E-state index < -0.39 is 0 Å². The Kier molecular flexibility index (Phi) is 7.86. The average molecular weight is 471 g/mol. The second-order valence-corrected chi connectivity index (χ2v) is 6.62. The second kappa shape index (κ2) is 9.89. The number of aromatic nitrogens is 2. The van der Waals surface area contributed by atoms with Crippen molar-refractivity contribution in [2.24, 2.45) is 10.9 Å². The lowest BCUT2D eigenvalue weighted by atomic mass is 10.00. The molecule has 0 amide bonds. The summed E-state index contributed by atoms with van der Waals surface area (Å²) >= 11 is 0. The highest BCUT2D eigenvalue weighted by molar-refractivity contribution is 14.0. The van der Waals surface area contributed by atoms with E-state index in [1.807, 2.05) is 19.3 Å².